The average molecular weight is 326 g/mol. The van der Waals surface area contributed by atoms with Gasteiger partial charge in [0.2, 0.25) is 0 Å². The van der Waals surface area contributed by atoms with Crippen LogP contribution in [0.5, 0.6) is 0 Å². The van der Waals surface area contributed by atoms with E-state index in [0.29, 0.717) is 11.5 Å². The maximum Gasteiger partial charge on any atom is 0.306 e. The number of esters is 2. The van der Waals surface area contributed by atoms with Gasteiger partial charge in [0.15, 0.2) is 0 Å². The number of carbonyl (C=O) groups excluding carboxylic acids is 2. The quantitative estimate of drug-likeness (QED) is 0.375. The molecule has 0 aromatic rings. The Morgan fingerprint density at radius 2 is 1.45 bits per heavy atom. The minimum absolute atomic E-state index is 0.0852. The predicted octanol–water partition coefficient (Wildman–Crippen LogP) is 0.338. The van der Waals surface area contributed by atoms with Crippen LogP contribution in [-0.4, -0.2) is 62.1 Å². The Bertz CT molecular complexity index is 276. The number of hydrogen-bond donors (Lipinski definition) is 3. The lowest BCUT2D eigenvalue weighted by atomic mass is 9.92. The Morgan fingerprint density at radius 1 is 1.00 bits per heavy atom. The third-order valence-corrected chi connectivity index (χ3v) is 2.94. The third-order valence-electron chi connectivity index (χ3n) is 2.50. The summed E-state index contributed by atoms with van der Waals surface area (Å²) in [7, 11) is 1.45. The Morgan fingerprint density at radius 3 is 1.75 bits per heavy atom. The molecule has 0 aliphatic carbocycles. The van der Waals surface area contributed by atoms with Crippen molar-refractivity contribution in [2.45, 2.75) is 12.8 Å². The summed E-state index contributed by atoms with van der Waals surface area (Å²) in [5.41, 5.74) is -0.951. The minimum atomic E-state index is -0.951. The molecule has 0 spiro atoms. The summed E-state index contributed by atoms with van der Waals surface area (Å²) in [6.07, 6.45) is 0.355. The number of methoxy groups -OCH3 is 1. The summed E-state index contributed by atoms with van der Waals surface area (Å²) in [4.78, 5) is 22.7. The average Bonchev–Trinajstić information content (AvgIpc) is 2.43. The van der Waals surface area contributed by atoms with Crippen molar-refractivity contribution < 1.29 is 28.9 Å². The Hall–Kier alpha value is -0.440. The number of ether oxygens (including phenoxy) is 3. The zero-order chi connectivity index (χ0) is 15.4. The van der Waals surface area contributed by atoms with Crippen molar-refractivity contribution in [3.8, 4) is 0 Å². The number of rotatable bonds is 11. The molecule has 0 radical (unpaired) electrons. The number of hydrogen-bond acceptors (Lipinski definition) is 8. The number of aliphatic hydroxyl groups is 1. The van der Waals surface area contributed by atoms with Crippen LogP contribution in [-0.2, 0) is 23.8 Å². The van der Waals surface area contributed by atoms with E-state index in [0.717, 1.165) is 0 Å². The molecule has 0 saturated heterocycles. The van der Waals surface area contributed by atoms with Gasteiger partial charge in [0.05, 0.1) is 31.5 Å². The fourth-order valence-electron chi connectivity index (χ4n) is 1.36. The standard InChI is InChI=1S/C12H22O6S2/c1-16-7-12(6-13,8-17-10(14)2-4-19)9-18-11(15)3-5-20/h13,19-20H,2-9H2,1H3. The summed E-state index contributed by atoms with van der Waals surface area (Å²) in [6, 6.07) is 0. The van der Waals surface area contributed by atoms with E-state index in [-0.39, 0.29) is 39.3 Å². The molecule has 0 aromatic carbocycles. The van der Waals surface area contributed by atoms with Crippen molar-refractivity contribution >= 4 is 37.2 Å². The topological polar surface area (TPSA) is 82.1 Å². The van der Waals surface area contributed by atoms with Crippen LogP contribution in [0.4, 0.5) is 0 Å². The molecular weight excluding hydrogens is 304 g/mol. The molecule has 6 nitrogen and oxygen atoms in total. The zero-order valence-corrected chi connectivity index (χ0v) is 13.3. The maximum absolute atomic E-state index is 11.3. The third kappa shape index (κ3) is 7.98. The van der Waals surface area contributed by atoms with Gasteiger partial charge in [-0.25, -0.2) is 0 Å². The highest BCUT2D eigenvalue weighted by molar-refractivity contribution is 7.80. The summed E-state index contributed by atoms with van der Waals surface area (Å²) in [5.74, 6) is -0.0792. The molecule has 0 fully saturated rings. The summed E-state index contributed by atoms with van der Waals surface area (Å²) in [6.45, 7) is -0.398. The Labute approximate surface area is 130 Å². The van der Waals surface area contributed by atoms with Gasteiger partial charge in [-0.15, -0.1) is 0 Å². The van der Waals surface area contributed by atoms with Crippen LogP contribution in [0.2, 0.25) is 0 Å². The van der Waals surface area contributed by atoms with E-state index in [9.17, 15) is 14.7 Å². The summed E-state index contributed by atoms with van der Waals surface area (Å²) >= 11 is 7.86. The van der Waals surface area contributed by atoms with Gasteiger partial charge in [-0.2, -0.15) is 25.3 Å². The van der Waals surface area contributed by atoms with E-state index >= 15 is 0 Å². The highest BCUT2D eigenvalue weighted by Gasteiger charge is 2.33. The molecule has 118 valence electrons. The van der Waals surface area contributed by atoms with Crippen LogP contribution in [0.3, 0.4) is 0 Å². The Balaban J connectivity index is 4.48. The zero-order valence-electron chi connectivity index (χ0n) is 11.5. The van der Waals surface area contributed by atoms with Gasteiger partial charge in [-0.05, 0) is 0 Å². The van der Waals surface area contributed by atoms with Crippen LogP contribution in [0, 0.1) is 5.41 Å². The molecule has 0 saturated carbocycles. The number of thiol groups is 2. The molecule has 0 heterocycles. The van der Waals surface area contributed by atoms with E-state index in [1.54, 1.807) is 0 Å². The second-order valence-corrected chi connectivity index (χ2v) is 5.25. The molecule has 0 bridgehead atoms. The van der Waals surface area contributed by atoms with E-state index < -0.39 is 17.4 Å². The van der Waals surface area contributed by atoms with Crippen molar-refractivity contribution in [2.24, 2.45) is 5.41 Å². The van der Waals surface area contributed by atoms with Gasteiger partial charge in [0.1, 0.15) is 13.2 Å². The van der Waals surface area contributed by atoms with Crippen molar-refractivity contribution in [3.63, 3.8) is 0 Å². The Kier molecular flexibility index (Phi) is 11.0. The first-order chi connectivity index (χ1) is 9.53. The molecule has 1 N–H and O–H groups in total. The molecule has 20 heavy (non-hydrogen) atoms. The second kappa shape index (κ2) is 11.2. The molecule has 0 rings (SSSR count). The fraction of sp³-hybridized carbons (Fsp3) is 0.833. The van der Waals surface area contributed by atoms with Crippen molar-refractivity contribution in [3.05, 3.63) is 0 Å². The molecule has 0 amide bonds. The highest BCUT2D eigenvalue weighted by atomic mass is 32.1. The first-order valence-corrected chi connectivity index (χ1v) is 7.43. The van der Waals surface area contributed by atoms with Crippen LogP contribution in [0.1, 0.15) is 12.8 Å². The lowest BCUT2D eigenvalue weighted by Gasteiger charge is -2.29. The molecule has 0 aromatic heterocycles. The number of carbonyl (C=O) groups is 2. The molecule has 0 unspecified atom stereocenters. The first kappa shape index (κ1) is 19.6. The maximum atomic E-state index is 11.3. The summed E-state index contributed by atoms with van der Waals surface area (Å²) in [5, 5.41) is 9.50. The molecule has 0 aliphatic rings. The van der Waals surface area contributed by atoms with Gasteiger partial charge in [-0.3, -0.25) is 9.59 Å². The largest absolute Gasteiger partial charge is 0.465 e. The van der Waals surface area contributed by atoms with E-state index in [4.69, 9.17) is 14.2 Å². The molecule has 0 aliphatic heterocycles. The lowest BCUT2D eigenvalue weighted by molar-refractivity contribution is -0.159. The van der Waals surface area contributed by atoms with Gasteiger partial charge in [0.25, 0.3) is 0 Å². The van der Waals surface area contributed by atoms with Crippen LogP contribution in [0.25, 0.3) is 0 Å². The summed E-state index contributed by atoms with van der Waals surface area (Å²) < 4.78 is 15.1. The van der Waals surface area contributed by atoms with Gasteiger partial charge < -0.3 is 19.3 Å². The predicted molar refractivity (Wildman–Crippen MR) is 80.3 cm³/mol. The monoisotopic (exact) mass is 326 g/mol. The second-order valence-electron chi connectivity index (χ2n) is 4.36. The van der Waals surface area contributed by atoms with E-state index in [1.807, 2.05) is 0 Å². The van der Waals surface area contributed by atoms with Crippen LogP contribution >= 0.6 is 25.3 Å². The van der Waals surface area contributed by atoms with Crippen molar-refractivity contribution in [1.82, 2.24) is 0 Å². The highest BCUT2D eigenvalue weighted by Crippen LogP contribution is 2.19. The fourth-order valence-corrected chi connectivity index (χ4v) is 1.73. The molecule has 0 atom stereocenters. The van der Waals surface area contributed by atoms with Gasteiger partial charge >= 0.3 is 11.9 Å². The van der Waals surface area contributed by atoms with E-state index in [2.05, 4.69) is 25.3 Å². The van der Waals surface area contributed by atoms with Crippen molar-refractivity contribution in [1.29, 1.82) is 0 Å². The van der Waals surface area contributed by atoms with E-state index in [1.165, 1.54) is 7.11 Å². The normalized spacial score (nSPS) is 11.2. The smallest absolute Gasteiger partial charge is 0.306 e. The van der Waals surface area contributed by atoms with Gasteiger partial charge in [-0.1, -0.05) is 0 Å². The van der Waals surface area contributed by atoms with Crippen LogP contribution in [0.15, 0.2) is 0 Å². The lowest BCUT2D eigenvalue weighted by Crippen LogP contribution is -2.41. The van der Waals surface area contributed by atoms with Crippen LogP contribution < -0.4 is 0 Å². The molecule has 8 heteroatoms. The molecular formula is C12H22O6S2. The van der Waals surface area contributed by atoms with Crippen molar-refractivity contribution in [2.75, 3.05) is 45.0 Å². The SMILES string of the molecule is COCC(CO)(COC(=O)CCS)COC(=O)CCS. The number of aliphatic hydroxyl groups excluding tert-OH is 1. The first-order valence-electron chi connectivity index (χ1n) is 6.16. The van der Waals surface area contributed by atoms with Gasteiger partial charge in [0, 0.05) is 18.6 Å². The minimum Gasteiger partial charge on any atom is -0.465 e.